The Morgan fingerprint density at radius 1 is 1.24 bits per heavy atom. The molecular formula is C15H24N2O3S. The molecule has 118 valence electrons. The second-order valence-corrected chi connectivity index (χ2v) is 8.66. The third kappa shape index (κ3) is 3.33. The van der Waals surface area contributed by atoms with Crippen LogP contribution in [-0.2, 0) is 16.6 Å². The minimum absolute atomic E-state index is 0.142. The lowest BCUT2D eigenvalue weighted by Crippen LogP contribution is -2.44. The van der Waals surface area contributed by atoms with Crippen molar-refractivity contribution >= 4 is 10.0 Å². The maximum Gasteiger partial charge on any atom is 0.211 e. The normalized spacial score (nSPS) is 28.5. The minimum Gasteiger partial charge on any atom is -0.465 e. The van der Waals surface area contributed by atoms with Crippen LogP contribution in [0.15, 0.2) is 16.5 Å². The lowest BCUT2D eigenvalue weighted by molar-refractivity contribution is 0.0877. The van der Waals surface area contributed by atoms with Crippen molar-refractivity contribution in [3.8, 4) is 0 Å². The predicted octanol–water partition coefficient (Wildman–Crippen LogP) is 1.84. The molecule has 0 aliphatic carbocycles. The Morgan fingerprint density at radius 2 is 2.05 bits per heavy atom. The maximum absolute atomic E-state index is 11.7. The van der Waals surface area contributed by atoms with Crippen LogP contribution in [0.25, 0.3) is 0 Å². The Bertz CT molecular complexity index is 610. The molecule has 0 radical (unpaired) electrons. The third-order valence-corrected chi connectivity index (χ3v) is 6.04. The maximum atomic E-state index is 11.7. The molecular weight excluding hydrogens is 288 g/mol. The Labute approximate surface area is 127 Å². The van der Waals surface area contributed by atoms with Crippen LogP contribution in [0.5, 0.6) is 0 Å². The predicted molar refractivity (Wildman–Crippen MR) is 81.4 cm³/mol. The van der Waals surface area contributed by atoms with E-state index < -0.39 is 10.0 Å². The number of piperidine rings is 1. The zero-order chi connectivity index (χ0) is 15.1. The summed E-state index contributed by atoms with van der Waals surface area (Å²) in [5.41, 5.74) is 0.142. The van der Waals surface area contributed by atoms with Crippen molar-refractivity contribution < 1.29 is 12.8 Å². The molecule has 0 saturated carbocycles. The number of likely N-dealkylation sites (tertiary alicyclic amines) is 1. The van der Waals surface area contributed by atoms with E-state index in [1.54, 1.807) is 4.31 Å². The van der Waals surface area contributed by atoms with Gasteiger partial charge < -0.3 is 4.42 Å². The monoisotopic (exact) mass is 312 g/mol. The van der Waals surface area contributed by atoms with Crippen molar-refractivity contribution in [3.05, 3.63) is 23.7 Å². The van der Waals surface area contributed by atoms with Crippen LogP contribution < -0.4 is 0 Å². The standard InChI is InChI=1S/C15H24N2O3S/c1-13-4-5-14(20-13)10-16-8-3-6-15(11-16)7-9-17(12-15)21(2,18)19/h4-5H,3,6-12H2,1-2H3/t15-/m0/s1. The second kappa shape index (κ2) is 5.41. The number of rotatable bonds is 3. The molecule has 21 heavy (non-hydrogen) atoms. The van der Waals surface area contributed by atoms with Crippen molar-refractivity contribution in [2.24, 2.45) is 5.41 Å². The molecule has 0 bridgehead atoms. The highest BCUT2D eigenvalue weighted by Crippen LogP contribution is 2.40. The van der Waals surface area contributed by atoms with Crippen LogP contribution in [0.3, 0.4) is 0 Å². The number of furan rings is 1. The van der Waals surface area contributed by atoms with Crippen LogP contribution in [0.4, 0.5) is 0 Å². The average molecular weight is 312 g/mol. The lowest BCUT2D eigenvalue weighted by atomic mass is 9.79. The first-order valence-electron chi connectivity index (χ1n) is 7.59. The third-order valence-electron chi connectivity index (χ3n) is 4.79. The molecule has 2 aliphatic heterocycles. The molecule has 3 heterocycles. The zero-order valence-electron chi connectivity index (χ0n) is 12.8. The fourth-order valence-corrected chi connectivity index (χ4v) is 4.68. The van der Waals surface area contributed by atoms with Gasteiger partial charge in [0.25, 0.3) is 0 Å². The van der Waals surface area contributed by atoms with Crippen LogP contribution in [-0.4, -0.2) is 50.1 Å². The Balaban J connectivity index is 1.66. The van der Waals surface area contributed by atoms with Crippen molar-refractivity contribution in [1.82, 2.24) is 9.21 Å². The van der Waals surface area contributed by atoms with Gasteiger partial charge in [0, 0.05) is 19.6 Å². The van der Waals surface area contributed by atoms with Gasteiger partial charge in [0.05, 0.1) is 12.8 Å². The Hall–Kier alpha value is -0.850. The van der Waals surface area contributed by atoms with Crippen LogP contribution in [0.1, 0.15) is 30.8 Å². The van der Waals surface area contributed by atoms with Crippen molar-refractivity contribution in [2.75, 3.05) is 32.4 Å². The SMILES string of the molecule is Cc1ccc(CN2CCC[C@]3(CCN(S(C)(=O)=O)C3)C2)o1. The molecule has 0 N–H and O–H groups in total. The van der Waals surface area contributed by atoms with E-state index in [4.69, 9.17) is 4.42 Å². The van der Waals surface area contributed by atoms with E-state index in [1.807, 2.05) is 19.1 Å². The molecule has 2 saturated heterocycles. The van der Waals surface area contributed by atoms with Gasteiger partial charge in [-0.15, -0.1) is 0 Å². The summed E-state index contributed by atoms with van der Waals surface area (Å²) in [5, 5.41) is 0. The number of sulfonamides is 1. The summed E-state index contributed by atoms with van der Waals surface area (Å²) in [5.74, 6) is 1.95. The van der Waals surface area contributed by atoms with E-state index in [0.717, 1.165) is 50.4 Å². The largest absolute Gasteiger partial charge is 0.465 e. The molecule has 3 rings (SSSR count). The molecule has 1 spiro atoms. The van der Waals surface area contributed by atoms with E-state index in [2.05, 4.69) is 4.90 Å². The summed E-state index contributed by atoms with van der Waals surface area (Å²) in [4.78, 5) is 2.41. The van der Waals surface area contributed by atoms with Crippen LogP contribution in [0, 0.1) is 12.3 Å². The Kier molecular flexibility index (Phi) is 3.88. The van der Waals surface area contributed by atoms with Gasteiger partial charge in [0.15, 0.2) is 0 Å². The summed E-state index contributed by atoms with van der Waals surface area (Å²) >= 11 is 0. The van der Waals surface area contributed by atoms with E-state index in [1.165, 1.54) is 6.26 Å². The summed E-state index contributed by atoms with van der Waals surface area (Å²) in [7, 11) is -3.05. The van der Waals surface area contributed by atoms with Gasteiger partial charge in [-0.25, -0.2) is 12.7 Å². The molecule has 0 amide bonds. The summed E-state index contributed by atoms with van der Waals surface area (Å²) in [6.07, 6.45) is 4.57. The summed E-state index contributed by atoms with van der Waals surface area (Å²) < 4.78 is 30.8. The number of aryl methyl sites for hydroxylation is 1. The average Bonchev–Trinajstić information content (AvgIpc) is 2.97. The molecule has 1 aromatic rings. The van der Waals surface area contributed by atoms with E-state index >= 15 is 0 Å². The van der Waals surface area contributed by atoms with Gasteiger partial charge in [-0.05, 0) is 50.3 Å². The lowest BCUT2D eigenvalue weighted by Gasteiger charge is -2.40. The van der Waals surface area contributed by atoms with Crippen molar-refractivity contribution in [1.29, 1.82) is 0 Å². The van der Waals surface area contributed by atoms with Gasteiger partial charge in [-0.1, -0.05) is 0 Å². The molecule has 0 unspecified atom stereocenters. The molecule has 2 aliphatic rings. The first-order valence-corrected chi connectivity index (χ1v) is 9.44. The van der Waals surface area contributed by atoms with Gasteiger partial charge >= 0.3 is 0 Å². The van der Waals surface area contributed by atoms with Gasteiger partial charge in [0.1, 0.15) is 11.5 Å². The van der Waals surface area contributed by atoms with E-state index in [-0.39, 0.29) is 5.41 Å². The summed E-state index contributed by atoms with van der Waals surface area (Å²) in [6, 6.07) is 4.03. The molecule has 1 aromatic heterocycles. The van der Waals surface area contributed by atoms with Crippen LogP contribution >= 0.6 is 0 Å². The molecule has 0 aromatic carbocycles. The highest BCUT2D eigenvalue weighted by Gasteiger charge is 2.43. The topological polar surface area (TPSA) is 53.8 Å². The molecule has 6 heteroatoms. The second-order valence-electron chi connectivity index (χ2n) is 6.67. The highest BCUT2D eigenvalue weighted by atomic mass is 32.2. The van der Waals surface area contributed by atoms with E-state index in [9.17, 15) is 8.42 Å². The number of nitrogens with zero attached hydrogens (tertiary/aromatic N) is 2. The van der Waals surface area contributed by atoms with Gasteiger partial charge in [-0.2, -0.15) is 0 Å². The molecule has 5 nitrogen and oxygen atoms in total. The van der Waals surface area contributed by atoms with Crippen LogP contribution in [0.2, 0.25) is 0 Å². The van der Waals surface area contributed by atoms with Crippen molar-refractivity contribution in [2.45, 2.75) is 32.7 Å². The number of hydrogen-bond acceptors (Lipinski definition) is 4. The Morgan fingerprint density at radius 3 is 2.67 bits per heavy atom. The first-order chi connectivity index (χ1) is 9.86. The molecule has 1 atom stereocenters. The van der Waals surface area contributed by atoms with Gasteiger partial charge in [0.2, 0.25) is 10.0 Å². The highest BCUT2D eigenvalue weighted by molar-refractivity contribution is 7.88. The quantitative estimate of drug-likeness (QED) is 0.854. The smallest absolute Gasteiger partial charge is 0.211 e. The molecule has 2 fully saturated rings. The zero-order valence-corrected chi connectivity index (χ0v) is 13.7. The fraction of sp³-hybridized carbons (Fsp3) is 0.733. The van der Waals surface area contributed by atoms with E-state index in [0.29, 0.717) is 13.1 Å². The first kappa shape index (κ1) is 15.1. The van der Waals surface area contributed by atoms with Crippen molar-refractivity contribution in [3.63, 3.8) is 0 Å². The number of hydrogen-bond donors (Lipinski definition) is 0. The minimum atomic E-state index is -3.05. The van der Waals surface area contributed by atoms with Gasteiger partial charge in [-0.3, -0.25) is 4.90 Å². The summed E-state index contributed by atoms with van der Waals surface area (Å²) in [6.45, 7) is 6.18. The fourth-order valence-electron chi connectivity index (χ4n) is 3.75.